The first-order valence-electron chi connectivity index (χ1n) is 7.25. The molecule has 0 spiro atoms. The number of rotatable bonds is 9. The van der Waals surface area contributed by atoms with E-state index in [1.807, 2.05) is 6.92 Å². The van der Waals surface area contributed by atoms with E-state index in [9.17, 15) is 8.42 Å². The predicted molar refractivity (Wildman–Crippen MR) is 84.6 cm³/mol. The summed E-state index contributed by atoms with van der Waals surface area (Å²) in [4.78, 5) is 0.315. The Kier molecular flexibility index (Phi) is 6.57. The van der Waals surface area contributed by atoms with Gasteiger partial charge in [0, 0.05) is 19.6 Å². The Labute approximate surface area is 127 Å². The first-order chi connectivity index (χ1) is 9.89. The number of aryl methyl sites for hydroxylation is 2. The van der Waals surface area contributed by atoms with Gasteiger partial charge in [-0.05, 0) is 33.2 Å². The Bertz CT molecular complexity index is 578. The van der Waals surface area contributed by atoms with Gasteiger partial charge in [0.2, 0.25) is 10.0 Å². The topological polar surface area (TPSA) is 81.2 Å². The van der Waals surface area contributed by atoms with Crippen LogP contribution in [0.1, 0.15) is 31.2 Å². The third kappa shape index (κ3) is 3.93. The summed E-state index contributed by atoms with van der Waals surface area (Å²) in [5.74, 6) is 0. The molecule has 6 nitrogen and oxygen atoms in total. The van der Waals surface area contributed by atoms with E-state index >= 15 is 0 Å². The minimum Gasteiger partial charge on any atom is -0.330 e. The van der Waals surface area contributed by atoms with Gasteiger partial charge < -0.3 is 5.73 Å². The van der Waals surface area contributed by atoms with Gasteiger partial charge in [0.15, 0.2) is 0 Å². The van der Waals surface area contributed by atoms with E-state index in [2.05, 4.69) is 11.7 Å². The molecule has 1 aromatic heterocycles. The van der Waals surface area contributed by atoms with Crippen LogP contribution >= 0.6 is 0 Å². The quantitative estimate of drug-likeness (QED) is 0.699. The maximum Gasteiger partial charge on any atom is 0.247 e. The Morgan fingerprint density at radius 3 is 2.62 bits per heavy atom. The largest absolute Gasteiger partial charge is 0.330 e. The van der Waals surface area contributed by atoms with Gasteiger partial charge >= 0.3 is 0 Å². The zero-order valence-electron chi connectivity index (χ0n) is 13.2. The highest BCUT2D eigenvalue weighted by atomic mass is 32.2. The van der Waals surface area contributed by atoms with Crippen molar-refractivity contribution in [2.24, 2.45) is 5.73 Å². The van der Waals surface area contributed by atoms with Crippen LogP contribution in [0.3, 0.4) is 0 Å². The zero-order chi connectivity index (χ0) is 16.0. The molecule has 0 bridgehead atoms. The Balaban J connectivity index is 3.23. The fourth-order valence-corrected chi connectivity index (χ4v) is 4.22. The highest BCUT2D eigenvalue weighted by molar-refractivity contribution is 7.89. The summed E-state index contributed by atoms with van der Waals surface area (Å²) in [6.45, 7) is 11.1. The van der Waals surface area contributed by atoms with E-state index in [4.69, 9.17) is 5.73 Å². The molecule has 0 aliphatic carbocycles. The van der Waals surface area contributed by atoms with Crippen LogP contribution in [0.15, 0.2) is 17.6 Å². The molecule has 1 heterocycles. The van der Waals surface area contributed by atoms with Crippen LogP contribution in [-0.4, -0.2) is 42.1 Å². The van der Waals surface area contributed by atoms with E-state index in [1.165, 1.54) is 4.31 Å². The average Bonchev–Trinajstić information content (AvgIpc) is 2.71. The van der Waals surface area contributed by atoms with E-state index in [0.29, 0.717) is 42.5 Å². The average molecular weight is 314 g/mol. The van der Waals surface area contributed by atoms with Gasteiger partial charge in [-0.15, -0.1) is 6.58 Å². The van der Waals surface area contributed by atoms with Crippen LogP contribution in [0.25, 0.3) is 0 Å². The third-order valence-corrected chi connectivity index (χ3v) is 5.41. The summed E-state index contributed by atoms with van der Waals surface area (Å²) >= 11 is 0. The number of nitrogens with two attached hydrogens (primary N) is 1. The second-order valence-electron chi connectivity index (χ2n) is 5.02. The molecular weight excluding hydrogens is 288 g/mol. The molecule has 7 heteroatoms. The summed E-state index contributed by atoms with van der Waals surface area (Å²) < 4.78 is 28.9. The number of nitrogens with zero attached hydrogens (tertiary/aromatic N) is 3. The molecule has 0 atom stereocenters. The third-order valence-electron chi connectivity index (χ3n) is 3.29. The van der Waals surface area contributed by atoms with Gasteiger partial charge in [-0.25, -0.2) is 8.42 Å². The molecule has 0 fully saturated rings. The summed E-state index contributed by atoms with van der Waals surface area (Å²) in [5.41, 5.74) is 6.71. The fourth-order valence-electron chi connectivity index (χ4n) is 2.34. The maximum atomic E-state index is 12.8. The van der Waals surface area contributed by atoms with Crippen molar-refractivity contribution < 1.29 is 8.42 Å². The van der Waals surface area contributed by atoms with E-state index in [-0.39, 0.29) is 0 Å². The number of aromatic nitrogens is 2. The normalized spacial score (nSPS) is 12.0. The lowest BCUT2D eigenvalue weighted by molar-refractivity contribution is 0.440. The lowest BCUT2D eigenvalue weighted by Crippen LogP contribution is -2.32. The summed E-state index contributed by atoms with van der Waals surface area (Å²) in [6, 6.07) is 0. The molecule has 2 N–H and O–H groups in total. The number of hydrogen-bond donors (Lipinski definition) is 1. The van der Waals surface area contributed by atoms with Crippen LogP contribution in [0.4, 0.5) is 0 Å². The first-order valence-corrected chi connectivity index (χ1v) is 8.69. The Morgan fingerprint density at radius 2 is 2.10 bits per heavy atom. The van der Waals surface area contributed by atoms with Gasteiger partial charge in [0.25, 0.3) is 0 Å². The van der Waals surface area contributed by atoms with Crippen LogP contribution in [0, 0.1) is 13.8 Å². The van der Waals surface area contributed by atoms with Crippen molar-refractivity contribution in [3.8, 4) is 0 Å². The van der Waals surface area contributed by atoms with Crippen molar-refractivity contribution in [3.05, 3.63) is 24.0 Å². The molecule has 120 valence electrons. The van der Waals surface area contributed by atoms with Crippen LogP contribution in [0.5, 0.6) is 0 Å². The molecule has 1 rings (SSSR count). The smallest absolute Gasteiger partial charge is 0.247 e. The van der Waals surface area contributed by atoms with Crippen LogP contribution < -0.4 is 5.73 Å². The van der Waals surface area contributed by atoms with Crippen molar-refractivity contribution in [1.29, 1.82) is 0 Å². The van der Waals surface area contributed by atoms with Crippen molar-refractivity contribution in [1.82, 2.24) is 14.1 Å². The standard InChI is InChI=1S/C14H26N4O2S/c1-5-9-17(10-6-2)21(19,20)14-12(3)16-18(13(14)4)11-7-8-15/h5H,1,6-11,15H2,2-4H3. The summed E-state index contributed by atoms with van der Waals surface area (Å²) in [7, 11) is -3.54. The second kappa shape index (κ2) is 7.72. The Morgan fingerprint density at radius 1 is 1.43 bits per heavy atom. The minimum atomic E-state index is -3.54. The van der Waals surface area contributed by atoms with E-state index < -0.39 is 10.0 Å². The van der Waals surface area contributed by atoms with Crippen molar-refractivity contribution in [3.63, 3.8) is 0 Å². The fraction of sp³-hybridized carbons (Fsp3) is 0.643. The van der Waals surface area contributed by atoms with Gasteiger partial charge in [0.05, 0.1) is 11.4 Å². The molecule has 0 radical (unpaired) electrons. The SMILES string of the molecule is C=CCN(CCC)S(=O)(=O)c1c(C)nn(CCCN)c1C. The molecule has 0 unspecified atom stereocenters. The first kappa shape index (κ1) is 17.9. The lowest BCUT2D eigenvalue weighted by atomic mass is 10.4. The molecule has 0 aromatic carbocycles. The maximum absolute atomic E-state index is 12.8. The lowest BCUT2D eigenvalue weighted by Gasteiger charge is -2.20. The van der Waals surface area contributed by atoms with Crippen LogP contribution in [-0.2, 0) is 16.6 Å². The second-order valence-corrected chi connectivity index (χ2v) is 6.89. The minimum absolute atomic E-state index is 0.309. The Hall–Kier alpha value is -1.18. The summed E-state index contributed by atoms with van der Waals surface area (Å²) in [5, 5.41) is 4.35. The van der Waals surface area contributed by atoms with Crippen molar-refractivity contribution in [2.75, 3.05) is 19.6 Å². The summed E-state index contributed by atoms with van der Waals surface area (Å²) in [6.07, 6.45) is 3.13. The van der Waals surface area contributed by atoms with Gasteiger partial charge in [-0.3, -0.25) is 4.68 Å². The molecule has 1 aromatic rings. The highest BCUT2D eigenvalue weighted by Gasteiger charge is 2.29. The molecule has 0 saturated carbocycles. The molecule has 0 aliphatic heterocycles. The predicted octanol–water partition coefficient (Wildman–Crippen LogP) is 1.44. The molecule has 21 heavy (non-hydrogen) atoms. The molecular formula is C14H26N4O2S. The van der Waals surface area contributed by atoms with Crippen LogP contribution in [0.2, 0.25) is 0 Å². The van der Waals surface area contributed by atoms with Gasteiger partial charge in [-0.2, -0.15) is 9.40 Å². The van der Waals surface area contributed by atoms with Crippen molar-refractivity contribution >= 4 is 10.0 Å². The monoisotopic (exact) mass is 314 g/mol. The van der Waals surface area contributed by atoms with E-state index in [0.717, 1.165) is 12.8 Å². The van der Waals surface area contributed by atoms with Gasteiger partial charge in [0.1, 0.15) is 4.90 Å². The van der Waals surface area contributed by atoms with E-state index in [1.54, 1.807) is 24.6 Å². The van der Waals surface area contributed by atoms with Crippen molar-refractivity contribution in [2.45, 2.75) is 45.1 Å². The molecule has 0 amide bonds. The number of hydrogen-bond acceptors (Lipinski definition) is 4. The molecule has 0 saturated heterocycles. The van der Waals surface area contributed by atoms with Gasteiger partial charge in [-0.1, -0.05) is 13.0 Å². The molecule has 0 aliphatic rings. The number of sulfonamides is 1. The zero-order valence-corrected chi connectivity index (χ0v) is 14.0. The highest BCUT2D eigenvalue weighted by Crippen LogP contribution is 2.24.